The lowest BCUT2D eigenvalue weighted by molar-refractivity contribution is 0.125. The standard InChI is InChI=1S/C10H22N2O3S/c1-10(2,3)6-9(13)7-11-16(14,15)12-8-4-5-8/h8-9,11-13H,4-7H2,1-3H3. The number of aliphatic hydroxyl groups excluding tert-OH is 1. The fraction of sp³-hybridized carbons (Fsp3) is 1.00. The summed E-state index contributed by atoms with van der Waals surface area (Å²) in [6.07, 6.45) is 1.74. The largest absolute Gasteiger partial charge is 0.392 e. The van der Waals surface area contributed by atoms with Crippen LogP contribution in [0.2, 0.25) is 0 Å². The van der Waals surface area contributed by atoms with E-state index in [1.54, 1.807) is 0 Å². The molecule has 1 atom stereocenters. The van der Waals surface area contributed by atoms with Crippen LogP contribution < -0.4 is 9.44 Å². The molecule has 0 aromatic carbocycles. The van der Waals surface area contributed by atoms with Crippen molar-refractivity contribution in [3.05, 3.63) is 0 Å². The Kier molecular flexibility index (Phi) is 4.34. The summed E-state index contributed by atoms with van der Waals surface area (Å²) in [6.45, 7) is 6.09. The predicted octanol–water partition coefficient (Wildman–Crippen LogP) is 0.370. The Morgan fingerprint density at radius 3 is 2.38 bits per heavy atom. The van der Waals surface area contributed by atoms with Crippen molar-refractivity contribution >= 4 is 10.2 Å². The molecule has 1 fully saturated rings. The highest BCUT2D eigenvalue weighted by Crippen LogP contribution is 2.21. The van der Waals surface area contributed by atoms with E-state index in [0.717, 1.165) is 12.8 Å². The van der Waals surface area contributed by atoms with Gasteiger partial charge in [0, 0.05) is 12.6 Å². The molecule has 0 amide bonds. The van der Waals surface area contributed by atoms with E-state index in [-0.39, 0.29) is 18.0 Å². The summed E-state index contributed by atoms with van der Waals surface area (Å²) in [7, 11) is -3.43. The second-order valence-corrected chi connectivity index (χ2v) is 7.19. The van der Waals surface area contributed by atoms with E-state index in [9.17, 15) is 13.5 Å². The number of rotatable bonds is 6. The van der Waals surface area contributed by atoms with Crippen molar-refractivity contribution in [2.24, 2.45) is 5.41 Å². The molecule has 6 heteroatoms. The fourth-order valence-electron chi connectivity index (χ4n) is 1.45. The molecule has 3 N–H and O–H groups in total. The second kappa shape index (κ2) is 5.00. The average Bonchev–Trinajstić information content (AvgIpc) is 2.81. The van der Waals surface area contributed by atoms with E-state index in [1.165, 1.54) is 0 Å². The van der Waals surface area contributed by atoms with Crippen LogP contribution in [0.25, 0.3) is 0 Å². The molecule has 5 nitrogen and oxygen atoms in total. The topological polar surface area (TPSA) is 78.4 Å². The molecule has 1 rings (SSSR count). The van der Waals surface area contributed by atoms with Crippen LogP contribution in [0.1, 0.15) is 40.0 Å². The van der Waals surface area contributed by atoms with Gasteiger partial charge in [0.1, 0.15) is 0 Å². The summed E-state index contributed by atoms with van der Waals surface area (Å²) in [5, 5.41) is 9.64. The van der Waals surface area contributed by atoms with Gasteiger partial charge in [-0.2, -0.15) is 17.9 Å². The molecule has 0 saturated heterocycles. The maximum absolute atomic E-state index is 11.4. The second-order valence-electron chi connectivity index (χ2n) is 5.66. The van der Waals surface area contributed by atoms with Crippen molar-refractivity contribution in [3.63, 3.8) is 0 Å². The molecule has 0 spiro atoms. The number of nitrogens with one attached hydrogen (secondary N) is 2. The number of hydrogen-bond acceptors (Lipinski definition) is 3. The minimum absolute atomic E-state index is 0.00518. The molecule has 0 aliphatic heterocycles. The van der Waals surface area contributed by atoms with Gasteiger partial charge in [0.05, 0.1) is 6.10 Å². The molecule has 0 heterocycles. The van der Waals surface area contributed by atoms with E-state index < -0.39 is 16.3 Å². The van der Waals surface area contributed by atoms with E-state index in [0.29, 0.717) is 6.42 Å². The summed E-state index contributed by atoms with van der Waals surface area (Å²) in [6, 6.07) is 0.0947. The van der Waals surface area contributed by atoms with Crippen LogP contribution in [0.3, 0.4) is 0 Å². The summed E-state index contributed by atoms with van der Waals surface area (Å²) >= 11 is 0. The zero-order valence-corrected chi connectivity index (χ0v) is 11.0. The third-order valence-electron chi connectivity index (χ3n) is 2.26. The molecule has 1 aliphatic carbocycles. The molecular formula is C10H22N2O3S. The monoisotopic (exact) mass is 250 g/mol. The van der Waals surface area contributed by atoms with Crippen molar-refractivity contribution in [3.8, 4) is 0 Å². The van der Waals surface area contributed by atoms with Gasteiger partial charge in [-0.3, -0.25) is 0 Å². The van der Waals surface area contributed by atoms with Gasteiger partial charge in [-0.15, -0.1) is 0 Å². The summed E-state index contributed by atoms with van der Waals surface area (Å²) in [4.78, 5) is 0. The molecule has 0 radical (unpaired) electrons. The maximum atomic E-state index is 11.4. The molecule has 16 heavy (non-hydrogen) atoms. The first-order chi connectivity index (χ1) is 7.18. The van der Waals surface area contributed by atoms with Crippen LogP contribution in [0.15, 0.2) is 0 Å². The van der Waals surface area contributed by atoms with Gasteiger partial charge in [-0.25, -0.2) is 0 Å². The van der Waals surface area contributed by atoms with Crippen LogP contribution in [0.4, 0.5) is 0 Å². The van der Waals surface area contributed by atoms with E-state index in [4.69, 9.17) is 0 Å². The van der Waals surface area contributed by atoms with Crippen molar-refractivity contribution in [2.75, 3.05) is 6.54 Å². The average molecular weight is 250 g/mol. The highest BCUT2D eigenvalue weighted by atomic mass is 32.2. The van der Waals surface area contributed by atoms with Crippen LogP contribution in [-0.4, -0.2) is 32.2 Å². The Hall–Kier alpha value is -0.170. The molecule has 1 unspecified atom stereocenters. The minimum Gasteiger partial charge on any atom is -0.392 e. The van der Waals surface area contributed by atoms with Gasteiger partial charge >= 0.3 is 0 Å². The summed E-state index contributed by atoms with van der Waals surface area (Å²) in [5.41, 5.74) is -0.00518. The predicted molar refractivity (Wildman–Crippen MR) is 63.2 cm³/mol. The maximum Gasteiger partial charge on any atom is 0.277 e. The smallest absolute Gasteiger partial charge is 0.277 e. The van der Waals surface area contributed by atoms with Crippen molar-refractivity contribution in [1.82, 2.24) is 9.44 Å². The molecular weight excluding hydrogens is 228 g/mol. The van der Waals surface area contributed by atoms with E-state index in [2.05, 4.69) is 9.44 Å². The van der Waals surface area contributed by atoms with Crippen molar-refractivity contribution in [2.45, 2.75) is 52.2 Å². The Morgan fingerprint density at radius 2 is 1.94 bits per heavy atom. The third-order valence-corrected chi connectivity index (χ3v) is 3.45. The highest BCUT2D eigenvalue weighted by molar-refractivity contribution is 7.87. The van der Waals surface area contributed by atoms with Gasteiger partial charge in [-0.05, 0) is 24.7 Å². The van der Waals surface area contributed by atoms with Crippen LogP contribution in [-0.2, 0) is 10.2 Å². The molecule has 1 saturated carbocycles. The SMILES string of the molecule is CC(C)(C)CC(O)CNS(=O)(=O)NC1CC1. The van der Waals surface area contributed by atoms with Crippen LogP contribution >= 0.6 is 0 Å². The molecule has 96 valence electrons. The fourth-order valence-corrected chi connectivity index (χ4v) is 2.62. The zero-order chi connectivity index (χ0) is 12.4. The Bertz CT molecular complexity index is 317. The summed E-state index contributed by atoms with van der Waals surface area (Å²) in [5.74, 6) is 0. The first-order valence-corrected chi connectivity index (χ1v) is 7.11. The highest BCUT2D eigenvalue weighted by Gasteiger charge is 2.27. The van der Waals surface area contributed by atoms with Gasteiger partial charge in [0.2, 0.25) is 0 Å². The Balaban J connectivity index is 2.27. The number of aliphatic hydroxyl groups is 1. The Labute approximate surface area is 97.8 Å². The lowest BCUT2D eigenvalue weighted by Crippen LogP contribution is -2.42. The quantitative estimate of drug-likeness (QED) is 0.637. The number of hydrogen-bond donors (Lipinski definition) is 3. The lowest BCUT2D eigenvalue weighted by Gasteiger charge is -2.22. The molecule has 1 aliphatic rings. The van der Waals surface area contributed by atoms with Crippen molar-refractivity contribution in [1.29, 1.82) is 0 Å². The molecule has 0 aromatic heterocycles. The molecule has 0 aromatic rings. The van der Waals surface area contributed by atoms with E-state index >= 15 is 0 Å². The van der Waals surface area contributed by atoms with Gasteiger partial charge in [-0.1, -0.05) is 20.8 Å². The third kappa shape index (κ3) is 6.42. The van der Waals surface area contributed by atoms with Crippen LogP contribution in [0, 0.1) is 5.41 Å². The molecule has 0 bridgehead atoms. The first-order valence-electron chi connectivity index (χ1n) is 5.63. The van der Waals surface area contributed by atoms with Gasteiger partial charge in [0.25, 0.3) is 10.2 Å². The summed E-state index contributed by atoms with van der Waals surface area (Å²) < 4.78 is 27.7. The van der Waals surface area contributed by atoms with Gasteiger partial charge < -0.3 is 5.11 Å². The normalized spacial score (nSPS) is 19.8. The van der Waals surface area contributed by atoms with Crippen LogP contribution in [0.5, 0.6) is 0 Å². The van der Waals surface area contributed by atoms with E-state index in [1.807, 2.05) is 20.8 Å². The minimum atomic E-state index is -3.43. The lowest BCUT2D eigenvalue weighted by atomic mass is 9.89. The Morgan fingerprint density at radius 1 is 1.38 bits per heavy atom. The van der Waals surface area contributed by atoms with Gasteiger partial charge in [0.15, 0.2) is 0 Å². The zero-order valence-electron chi connectivity index (χ0n) is 10.2. The van der Waals surface area contributed by atoms with Crippen molar-refractivity contribution < 1.29 is 13.5 Å². The first kappa shape index (κ1) is 13.9.